The number of aryl methyl sites for hydroxylation is 2. The van der Waals surface area contributed by atoms with Gasteiger partial charge < -0.3 is 0 Å². The fourth-order valence-corrected chi connectivity index (χ4v) is 5.76. The zero-order chi connectivity index (χ0) is 18.9. The van der Waals surface area contributed by atoms with Gasteiger partial charge in [0, 0.05) is 21.4 Å². The van der Waals surface area contributed by atoms with Crippen molar-refractivity contribution < 1.29 is 0 Å². The molecule has 0 aromatic carbocycles. The minimum absolute atomic E-state index is 0.469. The molecule has 1 aromatic rings. The largest absolute Gasteiger partial charge is 0.291 e. The summed E-state index contributed by atoms with van der Waals surface area (Å²) in [6.45, 7) is 11.6. The molecule has 0 saturated carbocycles. The van der Waals surface area contributed by atoms with Crippen molar-refractivity contribution in [3.8, 4) is 0 Å². The normalized spacial score (nSPS) is 23.3. The first kappa shape index (κ1) is 21.7. The Kier molecular flexibility index (Phi) is 9.39. The predicted molar refractivity (Wildman–Crippen MR) is 119 cm³/mol. The number of aliphatic imine (C=N–C) groups is 1. The number of hydrogen-bond donors (Lipinski definition) is 0. The van der Waals surface area contributed by atoms with Gasteiger partial charge in [0.15, 0.2) is 0 Å². The van der Waals surface area contributed by atoms with E-state index in [1.54, 1.807) is 15.3 Å². The Morgan fingerprint density at radius 1 is 0.962 bits per heavy atom. The third-order valence-electron chi connectivity index (χ3n) is 6.14. The molecule has 1 aliphatic rings. The van der Waals surface area contributed by atoms with E-state index >= 15 is 0 Å². The number of hydrogen-bond acceptors (Lipinski definition) is 2. The molecule has 0 N–H and O–H groups in total. The van der Waals surface area contributed by atoms with E-state index in [1.807, 2.05) is 0 Å². The van der Waals surface area contributed by atoms with Gasteiger partial charge in [-0.25, -0.2) is 0 Å². The van der Waals surface area contributed by atoms with E-state index in [0.717, 1.165) is 0 Å². The maximum Gasteiger partial charge on any atom is 0.0502 e. The van der Waals surface area contributed by atoms with Gasteiger partial charge in [-0.3, -0.25) is 4.99 Å². The summed E-state index contributed by atoms with van der Waals surface area (Å²) in [5, 5.41) is 0. The van der Waals surface area contributed by atoms with Gasteiger partial charge in [0.1, 0.15) is 0 Å². The van der Waals surface area contributed by atoms with Gasteiger partial charge >= 0.3 is 0 Å². The molecule has 148 valence electrons. The summed E-state index contributed by atoms with van der Waals surface area (Å²) in [6.07, 6.45) is 14.7. The van der Waals surface area contributed by atoms with Gasteiger partial charge in [-0.15, -0.1) is 11.3 Å². The summed E-state index contributed by atoms with van der Waals surface area (Å²) in [7, 11) is 0. The summed E-state index contributed by atoms with van der Waals surface area (Å²) in [5.74, 6) is 1.36. The van der Waals surface area contributed by atoms with Gasteiger partial charge in [-0.05, 0) is 63.5 Å². The maximum absolute atomic E-state index is 4.85. The monoisotopic (exact) mass is 375 g/mol. The molecule has 1 aliphatic heterocycles. The highest BCUT2D eigenvalue weighted by atomic mass is 32.1. The predicted octanol–water partition coefficient (Wildman–Crippen LogP) is 7.97. The second-order valence-corrected chi connectivity index (χ2v) is 9.67. The van der Waals surface area contributed by atoms with Crippen LogP contribution in [0.15, 0.2) is 11.1 Å². The van der Waals surface area contributed by atoms with Gasteiger partial charge in [-0.1, -0.05) is 59.3 Å². The van der Waals surface area contributed by atoms with Crippen LogP contribution < -0.4 is 0 Å². The molecule has 3 unspecified atom stereocenters. The lowest BCUT2D eigenvalue weighted by Crippen LogP contribution is -2.27. The molecule has 0 saturated heterocycles. The molecule has 2 heteroatoms. The average Bonchev–Trinajstić information content (AvgIpc) is 3.01. The smallest absolute Gasteiger partial charge is 0.0502 e. The second kappa shape index (κ2) is 11.3. The molecule has 0 fully saturated rings. The summed E-state index contributed by atoms with van der Waals surface area (Å²) in [6, 6.07) is 3.05. The van der Waals surface area contributed by atoms with E-state index in [4.69, 9.17) is 4.99 Å². The van der Waals surface area contributed by atoms with Crippen molar-refractivity contribution in [3.63, 3.8) is 0 Å². The third-order valence-corrected chi connectivity index (χ3v) is 7.51. The van der Waals surface area contributed by atoms with E-state index in [-0.39, 0.29) is 0 Å². The molecular formula is C24H41NS. The van der Waals surface area contributed by atoms with Crippen LogP contribution in [0.4, 0.5) is 0 Å². The van der Waals surface area contributed by atoms with Crippen molar-refractivity contribution in [2.45, 2.75) is 117 Å². The summed E-state index contributed by atoms with van der Waals surface area (Å²) < 4.78 is 0. The number of rotatable bonds is 11. The van der Waals surface area contributed by atoms with Crippen molar-refractivity contribution >= 4 is 17.0 Å². The Balaban J connectivity index is 2.12. The van der Waals surface area contributed by atoms with Crippen LogP contribution in [0, 0.1) is 5.92 Å². The van der Waals surface area contributed by atoms with Crippen LogP contribution in [-0.4, -0.2) is 11.8 Å². The second-order valence-electron chi connectivity index (χ2n) is 8.50. The molecule has 0 radical (unpaired) electrons. The lowest BCUT2D eigenvalue weighted by atomic mass is 9.80. The molecule has 0 spiro atoms. The van der Waals surface area contributed by atoms with Crippen LogP contribution in [0.25, 0.3) is 0 Å². The first-order valence-electron chi connectivity index (χ1n) is 11.2. The van der Waals surface area contributed by atoms with Crippen molar-refractivity contribution in [3.05, 3.63) is 21.4 Å². The molecule has 0 aliphatic carbocycles. The van der Waals surface area contributed by atoms with E-state index in [0.29, 0.717) is 17.9 Å². The Labute approximate surface area is 166 Å². The van der Waals surface area contributed by atoms with Crippen LogP contribution in [-0.2, 0) is 12.8 Å². The summed E-state index contributed by atoms with van der Waals surface area (Å²) >= 11 is 2.14. The van der Waals surface area contributed by atoms with Gasteiger partial charge in [0.25, 0.3) is 0 Å². The van der Waals surface area contributed by atoms with Crippen LogP contribution in [0.2, 0.25) is 0 Å². The summed E-state index contributed by atoms with van der Waals surface area (Å²) in [4.78, 5) is 8.20. The molecule has 2 heterocycles. The Morgan fingerprint density at radius 3 is 2.27 bits per heavy atom. The molecule has 0 amide bonds. The quantitative estimate of drug-likeness (QED) is 0.348. The highest BCUT2D eigenvalue weighted by molar-refractivity contribution is 7.12. The van der Waals surface area contributed by atoms with E-state index in [2.05, 4.69) is 52.0 Å². The highest BCUT2D eigenvalue weighted by Gasteiger charge is 2.31. The standard InChI is InChI=1S/C24H41NS/c1-6-8-10-12-14-21-17-22(15-13-11-9-7-2)26-24(21)23-16-18(3)25-20(5)19(23)4/h17,19-20,23H,6-16H2,1-5H3. The number of thiophene rings is 1. The van der Waals surface area contributed by atoms with E-state index in [1.165, 1.54) is 76.3 Å². The topological polar surface area (TPSA) is 12.4 Å². The highest BCUT2D eigenvalue weighted by Crippen LogP contribution is 2.41. The first-order chi connectivity index (χ1) is 12.6. The first-order valence-corrected chi connectivity index (χ1v) is 12.0. The molecule has 1 aromatic heterocycles. The molecule has 2 rings (SSSR count). The SMILES string of the molecule is CCCCCCc1cc(CCCCCC)c(C2CC(C)=NC(C)C2C)s1. The average molecular weight is 376 g/mol. The van der Waals surface area contributed by atoms with Crippen LogP contribution in [0.5, 0.6) is 0 Å². The number of nitrogens with zero attached hydrogens (tertiary/aromatic N) is 1. The van der Waals surface area contributed by atoms with Crippen LogP contribution >= 0.6 is 11.3 Å². The van der Waals surface area contributed by atoms with Crippen molar-refractivity contribution in [2.75, 3.05) is 0 Å². The fraction of sp³-hybridized carbons (Fsp3) is 0.792. The third kappa shape index (κ3) is 6.22. The fourth-order valence-electron chi connectivity index (χ4n) is 4.29. The lowest BCUT2D eigenvalue weighted by molar-refractivity contribution is 0.387. The number of unbranched alkanes of at least 4 members (excludes halogenated alkanes) is 6. The minimum atomic E-state index is 0.469. The van der Waals surface area contributed by atoms with Gasteiger partial charge in [0.05, 0.1) is 6.04 Å². The van der Waals surface area contributed by atoms with E-state index in [9.17, 15) is 0 Å². The van der Waals surface area contributed by atoms with E-state index < -0.39 is 0 Å². The lowest BCUT2D eigenvalue weighted by Gasteiger charge is -2.32. The van der Waals surface area contributed by atoms with Gasteiger partial charge in [0.2, 0.25) is 0 Å². The molecule has 3 atom stereocenters. The van der Waals surface area contributed by atoms with Crippen molar-refractivity contribution in [1.29, 1.82) is 0 Å². The maximum atomic E-state index is 4.85. The summed E-state index contributed by atoms with van der Waals surface area (Å²) in [5.41, 5.74) is 3.03. The zero-order valence-electron chi connectivity index (χ0n) is 17.9. The van der Waals surface area contributed by atoms with Gasteiger partial charge in [-0.2, -0.15) is 0 Å². The van der Waals surface area contributed by atoms with Crippen LogP contribution in [0.3, 0.4) is 0 Å². The Morgan fingerprint density at radius 2 is 1.62 bits per heavy atom. The zero-order valence-corrected chi connectivity index (χ0v) is 18.8. The molecule has 1 nitrogen and oxygen atoms in total. The molecule has 26 heavy (non-hydrogen) atoms. The molecular weight excluding hydrogens is 334 g/mol. The molecule has 0 bridgehead atoms. The van der Waals surface area contributed by atoms with Crippen molar-refractivity contribution in [2.24, 2.45) is 10.9 Å². The van der Waals surface area contributed by atoms with Crippen molar-refractivity contribution in [1.82, 2.24) is 0 Å². The minimum Gasteiger partial charge on any atom is -0.291 e. The Hall–Kier alpha value is -0.630. The van der Waals surface area contributed by atoms with Crippen LogP contribution in [0.1, 0.15) is 114 Å². The Bertz CT molecular complexity index is 557.